The van der Waals surface area contributed by atoms with Gasteiger partial charge in [-0.25, -0.2) is 14.1 Å². The predicted molar refractivity (Wildman–Crippen MR) is 94.1 cm³/mol. The number of nitrogens with zero attached hydrogens (tertiary/aromatic N) is 1. The van der Waals surface area contributed by atoms with Crippen LogP contribution in [-0.2, 0) is 16.0 Å². The van der Waals surface area contributed by atoms with Crippen molar-refractivity contribution in [1.29, 1.82) is 0 Å². The number of benzene rings is 2. The molecule has 0 bridgehead atoms. The first-order chi connectivity index (χ1) is 12.6. The number of amides is 2. The molecule has 1 fully saturated rings. The summed E-state index contributed by atoms with van der Waals surface area (Å²) in [5, 5.41) is 0. The zero-order valence-electron chi connectivity index (χ0n) is 14.2. The SMILES string of the molecule is COc1ccc(C=CC(=O)N2C(=O)OC[C@@H]2Cc2ccccc2)c(F)c1. The lowest BCUT2D eigenvalue weighted by Gasteiger charge is -2.18. The smallest absolute Gasteiger partial charge is 0.417 e. The molecule has 134 valence electrons. The highest BCUT2D eigenvalue weighted by Crippen LogP contribution is 2.20. The molecule has 26 heavy (non-hydrogen) atoms. The van der Waals surface area contributed by atoms with Crippen molar-refractivity contribution in [2.45, 2.75) is 12.5 Å². The van der Waals surface area contributed by atoms with Crippen LogP contribution < -0.4 is 4.74 Å². The number of rotatable bonds is 5. The lowest BCUT2D eigenvalue weighted by Crippen LogP contribution is -2.39. The van der Waals surface area contributed by atoms with Crippen molar-refractivity contribution in [2.24, 2.45) is 0 Å². The highest BCUT2D eigenvalue weighted by Gasteiger charge is 2.36. The van der Waals surface area contributed by atoms with Crippen LogP contribution >= 0.6 is 0 Å². The van der Waals surface area contributed by atoms with Crippen molar-refractivity contribution in [3.63, 3.8) is 0 Å². The quantitative estimate of drug-likeness (QED) is 0.771. The molecule has 1 saturated heterocycles. The second-order valence-corrected chi connectivity index (χ2v) is 5.85. The maximum Gasteiger partial charge on any atom is 0.417 e. The summed E-state index contributed by atoms with van der Waals surface area (Å²) >= 11 is 0. The molecular weight excluding hydrogens is 337 g/mol. The molecule has 0 aromatic heterocycles. The Bertz CT molecular complexity index is 835. The average Bonchev–Trinajstić information content (AvgIpc) is 3.01. The highest BCUT2D eigenvalue weighted by atomic mass is 19.1. The Labute approximate surface area is 150 Å². The van der Waals surface area contributed by atoms with Crippen molar-refractivity contribution in [1.82, 2.24) is 4.90 Å². The Hall–Kier alpha value is -3.15. The van der Waals surface area contributed by atoms with Crippen LogP contribution in [0, 0.1) is 5.82 Å². The van der Waals surface area contributed by atoms with Crippen molar-refractivity contribution in [3.8, 4) is 5.75 Å². The molecule has 2 aromatic carbocycles. The van der Waals surface area contributed by atoms with Gasteiger partial charge < -0.3 is 9.47 Å². The second kappa shape index (κ2) is 7.82. The highest BCUT2D eigenvalue weighted by molar-refractivity contribution is 6.02. The van der Waals surface area contributed by atoms with Crippen LogP contribution in [-0.4, -0.2) is 36.7 Å². The lowest BCUT2D eigenvalue weighted by molar-refractivity contribution is -0.124. The zero-order valence-corrected chi connectivity index (χ0v) is 14.2. The van der Waals surface area contributed by atoms with Crippen molar-refractivity contribution >= 4 is 18.1 Å². The number of imide groups is 1. The Morgan fingerprint density at radius 3 is 2.77 bits per heavy atom. The molecule has 2 amide bonds. The zero-order chi connectivity index (χ0) is 18.5. The van der Waals surface area contributed by atoms with Gasteiger partial charge in [-0.1, -0.05) is 30.3 Å². The fourth-order valence-corrected chi connectivity index (χ4v) is 2.78. The van der Waals surface area contributed by atoms with Gasteiger partial charge >= 0.3 is 6.09 Å². The molecular formula is C20H18FNO4. The van der Waals surface area contributed by atoms with Crippen molar-refractivity contribution in [3.05, 3.63) is 71.6 Å². The summed E-state index contributed by atoms with van der Waals surface area (Å²) in [6, 6.07) is 13.5. The molecule has 1 aliphatic rings. The number of carbonyl (C=O) groups is 2. The largest absolute Gasteiger partial charge is 0.497 e. The number of ether oxygens (including phenoxy) is 2. The fraction of sp³-hybridized carbons (Fsp3) is 0.200. The van der Waals surface area contributed by atoms with Gasteiger partial charge in [0, 0.05) is 17.7 Å². The molecule has 0 spiro atoms. The van der Waals surface area contributed by atoms with E-state index in [9.17, 15) is 14.0 Å². The van der Waals surface area contributed by atoms with Gasteiger partial charge in [-0.05, 0) is 30.2 Å². The molecule has 6 heteroatoms. The second-order valence-electron chi connectivity index (χ2n) is 5.85. The number of hydrogen-bond donors (Lipinski definition) is 0. The van der Waals surface area contributed by atoms with E-state index in [0.29, 0.717) is 12.2 Å². The van der Waals surface area contributed by atoms with Crippen LogP contribution in [0.25, 0.3) is 6.08 Å². The van der Waals surface area contributed by atoms with Gasteiger partial charge in [0.2, 0.25) is 0 Å². The fourth-order valence-electron chi connectivity index (χ4n) is 2.78. The van der Waals surface area contributed by atoms with E-state index in [-0.39, 0.29) is 18.2 Å². The van der Waals surface area contributed by atoms with E-state index in [1.807, 2.05) is 30.3 Å². The average molecular weight is 355 g/mol. The van der Waals surface area contributed by atoms with Gasteiger partial charge in [-0.2, -0.15) is 0 Å². The summed E-state index contributed by atoms with van der Waals surface area (Å²) in [7, 11) is 1.44. The third kappa shape index (κ3) is 3.91. The minimum absolute atomic E-state index is 0.143. The van der Waals surface area contributed by atoms with Crippen LogP contribution in [0.4, 0.5) is 9.18 Å². The van der Waals surface area contributed by atoms with Gasteiger partial charge in [0.25, 0.3) is 5.91 Å². The van der Waals surface area contributed by atoms with E-state index in [2.05, 4.69) is 0 Å². The minimum atomic E-state index is -0.684. The van der Waals surface area contributed by atoms with Gasteiger partial charge in [0.1, 0.15) is 18.2 Å². The standard InChI is InChI=1S/C20H18FNO4/c1-25-17-9-7-15(18(21)12-17)8-10-19(23)22-16(13-26-20(22)24)11-14-5-3-2-4-6-14/h2-10,12,16H,11,13H2,1H3/t16-/m0/s1. The number of halogens is 1. The molecule has 3 rings (SSSR count). The van der Waals surface area contributed by atoms with E-state index in [1.54, 1.807) is 6.07 Å². The summed E-state index contributed by atoms with van der Waals surface area (Å²) < 4.78 is 23.9. The molecule has 1 atom stereocenters. The summed E-state index contributed by atoms with van der Waals surface area (Å²) in [4.78, 5) is 25.5. The predicted octanol–water partition coefficient (Wildman–Crippen LogP) is 3.44. The monoisotopic (exact) mass is 355 g/mol. The van der Waals surface area contributed by atoms with Gasteiger partial charge in [0.05, 0.1) is 13.2 Å². The Kier molecular flexibility index (Phi) is 5.31. The van der Waals surface area contributed by atoms with Crippen molar-refractivity contribution in [2.75, 3.05) is 13.7 Å². The molecule has 0 aliphatic carbocycles. The Balaban J connectivity index is 1.73. The number of carbonyl (C=O) groups excluding carboxylic acids is 2. The number of hydrogen-bond acceptors (Lipinski definition) is 4. The van der Waals surface area contributed by atoms with E-state index < -0.39 is 17.8 Å². The van der Waals surface area contributed by atoms with Crippen molar-refractivity contribution < 1.29 is 23.5 Å². The third-order valence-electron chi connectivity index (χ3n) is 4.13. The normalized spacial score (nSPS) is 16.8. The summed E-state index contributed by atoms with van der Waals surface area (Å²) in [6.07, 6.45) is 2.33. The van der Waals surface area contributed by atoms with E-state index in [0.717, 1.165) is 10.5 Å². The van der Waals surface area contributed by atoms with E-state index >= 15 is 0 Å². The first kappa shape index (κ1) is 17.7. The maximum atomic E-state index is 14.0. The lowest BCUT2D eigenvalue weighted by atomic mass is 10.1. The van der Waals surface area contributed by atoms with Crippen LogP contribution in [0.5, 0.6) is 5.75 Å². The molecule has 1 aliphatic heterocycles. The molecule has 5 nitrogen and oxygen atoms in total. The van der Waals surface area contributed by atoms with Crippen LogP contribution in [0.1, 0.15) is 11.1 Å². The van der Waals surface area contributed by atoms with Crippen LogP contribution in [0.3, 0.4) is 0 Å². The maximum absolute atomic E-state index is 14.0. The molecule has 0 saturated carbocycles. The van der Waals surface area contributed by atoms with Gasteiger partial charge in [-0.15, -0.1) is 0 Å². The molecule has 1 heterocycles. The molecule has 0 N–H and O–H groups in total. The molecule has 0 radical (unpaired) electrons. The van der Waals surface area contributed by atoms with E-state index in [4.69, 9.17) is 9.47 Å². The summed E-state index contributed by atoms with van der Waals surface area (Å²) in [5.74, 6) is -0.668. The first-order valence-electron chi connectivity index (χ1n) is 8.14. The summed E-state index contributed by atoms with van der Waals surface area (Å²) in [5.41, 5.74) is 1.23. The number of cyclic esters (lactones) is 1. The topological polar surface area (TPSA) is 55.8 Å². The molecule has 0 unspecified atom stereocenters. The van der Waals surface area contributed by atoms with Gasteiger partial charge in [0.15, 0.2) is 0 Å². The summed E-state index contributed by atoms with van der Waals surface area (Å²) in [6.45, 7) is 0.143. The Morgan fingerprint density at radius 1 is 1.31 bits per heavy atom. The van der Waals surface area contributed by atoms with Crippen LogP contribution in [0.15, 0.2) is 54.6 Å². The molecule has 2 aromatic rings. The van der Waals surface area contributed by atoms with Crippen LogP contribution in [0.2, 0.25) is 0 Å². The number of methoxy groups -OCH3 is 1. The van der Waals surface area contributed by atoms with E-state index in [1.165, 1.54) is 31.4 Å². The Morgan fingerprint density at radius 2 is 2.08 bits per heavy atom. The van der Waals surface area contributed by atoms with Gasteiger partial charge in [-0.3, -0.25) is 4.79 Å². The first-order valence-corrected chi connectivity index (χ1v) is 8.14. The minimum Gasteiger partial charge on any atom is -0.497 e. The third-order valence-corrected chi connectivity index (χ3v) is 4.13.